The molecule has 9 heteroatoms. The van der Waals surface area contributed by atoms with Gasteiger partial charge in [0.05, 0.1) is 19.5 Å². The number of pyridine rings is 1. The van der Waals surface area contributed by atoms with Crippen LogP contribution in [0.25, 0.3) is 0 Å². The molecular formula is C21H23ClN6O2. The van der Waals surface area contributed by atoms with Crippen LogP contribution >= 0.6 is 11.6 Å². The number of hydrogen-bond donors (Lipinski definition) is 3. The number of aromatic nitrogens is 3. The third kappa shape index (κ3) is 4.65. The van der Waals surface area contributed by atoms with Crippen LogP contribution in [-0.4, -0.2) is 47.5 Å². The molecule has 2 aromatic heterocycles. The van der Waals surface area contributed by atoms with Crippen LogP contribution in [0.4, 0.5) is 16.3 Å². The number of methoxy groups -OCH3 is 1. The van der Waals surface area contributed by atoms with E-state index < -0.39 is 0 Å². The summed E-state index contributed by atoms with van der Waals surface area (Å²) in [6.07, 6.45) is 4.21. The Morgan fingerprint density at radius 3 is 2.73 bits per heavy atom. The van der Waals surface area contributed by atoms with Crippen molar-refractivity contribution in [2.24, 2.45) is 0 Å². The van der Waals surface area contributed by atoms with E-state index in [0.717, 1.165) is 24.5 Å². The Morgan fingerprint density at radius 2 is 2.07 bits per heavy atom. The van der Waals surface area contributed by atoms with E-state index in [2.05, 4.69) is 30.7 Å². The number of hydrogen-bond acceptors (Lipinski definition) is 5. The minimum Gasteiger partial charge on any atom is -0.495 e. The van der Waals surface area contributed by atoms with Crippen molar-refractivity contribution < 1.29 is 9.53 Å². The lowest BCUT2D eigenvalue weighted by atomic mass is 9.89. The molecule has 2 amide bonds. The third-order valence-electron chi connectivity index (χ3n) is 5.23. The molecule has 1 fully saturated rings. The minimum absolute atomic E-state index is 0.00363. The lowest BCUT2D eigenvalue weighted by molar-refractivity contribution is 0.243. The average Bonchev–Trinajstić information content (AvgIpc) is 3.31. The van der Waals surface area contributed by atoms with Crippen molar-refractivity contribution >= 4 is 29.1 Å². The van der Waals surface area contributed by atoms with Crippen LogP contribution < -0.4 is 20.3 Å². The Balaban J connectivity index is 1.50. The first-order valence-corrected chi connectivity index (χ1v) is 10.1. The number of benzene rings is 1. The monoisotopic (exact) mass is 426 g/mol. The second kappa shape index (κ2) is 9.04. The zero-order chi connectivity index (χ0) is 20.9. The second-order valence-corrected chi connectivity index (χ2v) is 7.55. The largest absolute Gasteiger partial charge is 0.495 e. The molecule has 0 bridgehead atoms. The van der Waals surface area contributed by atoms with Gasteiger partial charge in [0.1, 0.15) is 11.6 Å². The number of piperidine rings is 1. The van der Waals surface area contributed by atoms with E-state index in [1.54, 1.807) is 43.8 Å². The van der Waals surface area contributed by atoms with Gasteiger partial charge in [-0.2, -0.15) is 5.10 Å². The molecule has 3 heterocycles. The number of carbonyl (C=O) groups excluding carboxylic acids is 1. The number of rotatable bonds is 5. The molecule has 1 aliphatic rings. The van der Waals surface area contributed by atoms with Crippen LogP contribution in [0.5, 0.6) is 5.75 Å². The van der Waals surface area contributed by atoms with Gasteiger partial charge in [-0.3, -0.25) is 10.1 Å². The number of halogens is 1. The topological polar surface area (TPSA) is 95.2 Å². The molecule has 1 aliphatic heterocycles. The van der Waals surface area contributed by atoms with Gasteiger partial charge in [0, 0.05) is 47.5 Å². The van der Waals surface area contributed by atoms with Crippen LogP contribution in [-0.2, 0) is 0 Å². The van der Waals surface area contributed by atoms with Crippen molar-refractivity contribution in [1.29, 1.82) is 0 Å². The van der Waals surface area contributed by atoms with Crippen molar-refractivity contribution in [3.8, 4) is 5.75 Å². The van der Waals surface area contributed by atoms with E-state index in [-0.39, 0.29) is 18.0 Å². The predicted octanol–water partition coefficient (Wildman–Crippen LogP) is 3.65. The first-order chi connectivity index (χ1) is 14.6. The Morgan fingerprint density at radius 1 is 1.23 bits per heavy atom. The van der Waals surface area contributed by atoms with Gasteiger partial charge < -0.3 is 20.3 Å². The first-order valence-electron chi connectivity index (χ1n) is 9.70. The maximum Gasteiger partial charge on any atom is 0.319 e. The van der Waals surface area contributed by atoms with E-state index in [1.807, 2.05) is 18.2 Å². The zero-order valence-electron chi connectivity index (χ0n) is 16.5. The summed E-state index contributed by atoms with van der Waals surface area (Å²) in [5, 5.41) is 13.7. The number of amides is 2. The Kier molecular flexibility index (Phi) is 6.04. The summed E-state index contributed by atoms with van der Waals surface area (Å²) >= 11 is 5.91. The molecule has 0 aliphatic carbocycles. The van der Waals surface area contributed by atoms with Gasteiger partial charge in [0.15, 0.2) is 0 Å². The lowest BCUT2D eigenvalue weighted by Gasteiger charge is -2.39. The lowest BCUT2D eigenvalue weighted by Crippen LogP contribution is -2.51. The molecule has 156 valence electrons. The smallest absolute Gasteiger partial charge is 0.319 e. The summed E-state index contributed by atoms with van der Waals surface area (Å²) in [7, 11) is 1.61. The SMILES string of the molecule is COc1ccc(C2CN(c3ccn[nH]3)CCC2NC(=O)Nc2ccc(Cl)cc2)nc1. The fraction of sp³-hybridized carbons (Fsp3) is 0.286. The number of aromatic amines is 1. The Hall–Kier alpha value is -3.26. The molecule has 1 aromatic carbocycles. The van der Waals surface area contributed by atoms with Gasteiger partial charge in [-0.15, -0.1) is 0 Å². The quantitative estimate of drug-likeness (QED) is 0.578. The van der Waals surface area contributed by atoms with E-state index in [0.29, 0.717) is 23.0 Å². The fourth-order valence-electron chi connectivity index (χ4n) is 3.67. The fourth-order valence-corrected chi connectivity index (χ4v) is 3.79. The molecule has 3 aromatic rings. The summed E-state index contributed by atoms with van der Waals surface area (Å²) < 4.78 is 5.23. The average molecular weight is 427 g/mol. The van der Waals surface area contributed by atoms with Gasteiger partial charge in [-0.05, 0) is 42.8 Å². The van der Waals surface area contributed by atoms with Crippen molar-refractivity contribution in [2.45, 2.75) is 18.4 Å². The maximum atomic E-state index is 12.6. The normalized spacial score (nSPS) is 18.7. The minimum atomic E-state index is -0.254. The molecule has 0 radical (unpaired) electrons. The summed E-state index contributed by atoms with van der Waals surface area (Å²) in [6, 6.07) is 12.5. The van der Waals surface area contributed by atoms with Crippen LogP contribution in [0.15, 0.2) is 54.9 Å². The number of ether oxygens (including phenoxy) is 1. The number of nitrogens with one attached hydrogen (secondary N) is 3. The van der Waals surface area contributed by atoms with Crippen molar-refractivity contribution in [3.63, 3.8) is 0 Å². The Bertz CT molecular complexity index is 962. The number of urea groups is 1. The summed E-state index contributed by atoms with van der Waals surface area (Å²) in [6.45, 7) is 1.49. The highest BCUT2D eigenvalue weighted by Gasteiger charge is 2.33. The van der Waals surface area contributed by atoms with Crippen LogP contribution in [0.3, 0.4) is 0 Å². The molecule has 4 rings (SSSR count). The Labute approximate surface area is 179 Å². The van der Waals surface area contributed by atoms with E-state index in [4.69, 9.17) is 16.3 Å². The molecule has 30 heavy (non-hydrogen) atoms. The zero-order valence-corrected chi connectivity index (χ0v) is 17.3. The van der Waals surface area contributed by atoms with Gasteiger partial charge in [0.2, 0.25) is 0 Å². The molecule has 1 saturated heterocycles. The van der Waals surface area contributed by atoms with Crippen LogP contribution in [0.2, 0.25) is 5.02 Å². The standard InChI is InChI=1S/C21H23ClN6O2/c1-30-16-6-7-18(23-12-16)17-13-28(20-8-10-24-27-20)11-9-19(17)26-21(29)25-15-4-2-14(22)3-5-15/h2-8,10,12,17,19H,9,11,13H2,1H3,(H,24,27)(H2,25,26,29). The molecule has 8 nitrogen and oxygen atoms in total. The van der Waals surface area contributed by atoms with Crippen molar-refractivity contribution in [1.82, 2.24) is 20.5 Å². The van der Waals surface area contributed by atoms with Crippen LogP contribution in [0, 0.1) is 0 Å². The van der Waals surface area contributed by atoms with Gasteiger partial charge in [0.25, 0.3) is 0 Å². The third-order valence-corrected chi connectivity index (χ3v) is 5.48. The molecule has 3 N–H and O–H groups in total. The molecular weight excluding hydrogens is 404 g/mol. The van der Waals surface area contributed by atoms with Crippen LogP contribution in [0.1, 0.15) is 18.0 Å². The highest BCUT2D eigenvalue weighted by molar-refractivity contribution is 6.30. The van der Waals surface area contributed by atoms with Gasteiger partial charge in [-0.1, -0.05) is 11.6 Å². The molecule has 2 unspecified atom stereocenters. The number of carbonyl (C=O) groups is 1. The van der Waals surface area contributed by atoms with Gasteiger partial charge in [-0.25, -0.2) is 4.79 Å². The van der Waals surface area contributed by atoms with Crippen molar-refractivity contribution in [3.05, 3.63) is 65.6 Å². The van der Waals surface area contributed by atoms with Gasteiger partial charge >= 0.3 is 6.03 Å². The van der Waals surface area contributed by atoms with E-state index in [1.165, 1.54) is 0 Å². The first kappa shape index (κ1) is 20.0. The number of nitrogens with zero attached hydrogens (tertiary/aromatic N) is 3. The van der Waals surface area contributed by atoms with E-state index in [9.17, 15) is 4.79 Å². The molecule has 0 spiro atoms. The maximum absolute atomic E-state index is 12.6. The summed E-state index contributed by atoms with van der Waals surface area (Å²) in [5.41, 5.74) is 1.59. The highest BCUT2D eigenvalue weighted by Crippen LogP contribution is 2.29. The second-order valence-electron chi connectivity index (χ2n) is 7.12. The molecule has 0 saturated carbocycles. The highest BCUT2D eigenvalue weighted by atomic mass is 35.5. The number of anilines is 2. The summed E-state index contributed by atoms with van der Waals surface area (Å²) in [5.74, 6) is 1.66. The number of H-pyrrole nitrogens is 1. The predicted molar refractivity (Wildman–Crippen MR) is 116 cm³/mol. The summed E-state index contributed by atoms with van der Waals surface area (Å²) in [4.78, 5) is 19.4. The van der Waals surface area contributed by atoms with E-state index >= 15 is 0 Å². The van der Waals surface area contributed by atoms with Crippen molar-refractivity contribution in [2.75, 3.05) is 30.4 Å². The molecule has 2 atom stereocenters.